The van der Waals surface area contributed by atoms with Gasteiger partial charge >= 0.3 is 0 Å². The van der Waals surface area contributed by atoms with Gasteiger partial charge in [0.1, 0.15) is 21.6 Å². The molecule has 12 aromatic carbocycles. The van der Waals surface area contributed by atoms with E-state index in [0.29, 0.717) is 0 Å². The SMILES string of the molecule is Cc1ccc2c(c1)n1c3ccccc3nc1n2-c1ccccc1.Cc1cccc(-n2c3ccccc3n3c4ccccc4nc23)c1.Cc1cccc2c1oc1cnccc12.Cc1cccc2c1oc1ncccc12.Cc1cccc2c1sc1cnccc12.Cc1cccc2c1sc1ncccc12.Cc1nccc2c1oc1ccccc12.Cc1nccc2c1sc1ccccc12. The fourth-order valence-electron chi connectivity index (χ4n) is 17.4. The van der Waals surface area contributed by atoms with E-state index in [1.165, 1.54) is 111 Å². The Balaban J connectivity index is 0.0000000908. The van der Waals surface area contributed by atoms with Crippen molar-refractivity contribution in [2.45, 2.75) is 55.4 Å². The van der Waals surface area contributed by atoms with Crippen molar-refractivity contribution in [3.63, 3.8) is 0 Å². The summed E-state index contributed by atoms with van der Waals surface area (Å²) in [4.78, 5) is 36.2. The molecular weight excluding hydrogens is 1660 g/mol. The zero-order valence-electron chi connectivity index (χ0n) is 72.5. The van der Waals surface area contributed by atoms with Crippen LogP contribution in [0.15, 0.2) is 378 Å². The van der Waals surface area contributed by atoms with Crippen molar-refractivity contribution in [2.24, 2.45) is 0 Å². The van der Waals surface area contributed by atoms with Crippen molar-refractivity contribution >= 4 is 216 Å². The van der Waals surface area contributed by atoms with E-state index in [1.807, 2.05) is 152 Å². The Kier molecular flexibility index (Phi) is 21.7. The first-order valence-electron chi connectivity index (χ1n) is 43.0. The molecule has 0 N–H and O–H groups in total. The Bertz CT molecular complexity index is 8250. The number of benzene rings is 12. The number of furan rings is 3. The van der Waals surface area contributed by atoms with Crippen LogP contribution in [-0.4, -0.2) is 57.8 Å². The molecule has 130 heavy (non-hydrogen) atoms. The number of pyridine rings is 6. The largest absolute Gasteiger partial charge is 0.454 e. The molecule has 0 atom stereocenters. The van der Waals surface area contributed by atoms with E-state index in [0.717, 1.165) is 127 Å². The van der Waals surface area contributed by atoms with Crippen molar-refractivity contribution in [3.05, 3.63) is 410 Å². The quantitative estimate of drug-likeness (QED) is 0.162. The number of aromatic nitrogens is 12. The van der Waals surface area contributed by atoms with Crippen molar-refractivity contribution in [1.29, 1.82) is 0 Å². The van der Waals surface area contributed by atoms with E-state index in [2.05, 4.69) is 320 Å². The van der Waals surface area contributed by atoms with E-state index < -0.39 is 0 Å². The molecule has 28 aromatic rings. The van der Waals surface area contributed by atoms with E-state index in [1.54, 1.807) is 29.9 Å². The van der Waals surface area contributed by atoms with Gasteiger partial charge in [0.15, 0.2) is 11.2 Å². The summed E-state index contributed by atoms with van der Waals surface area (Å²) in [5, 5.41) is 14.8. The first kappa shape index (κ1) is 81.2. The fraction of sp³-hybridized carbons (Fsp3) is 0.0714. The van der Waals surface area contributed by atoms with E-state index in [9.17, 15) is 0 Å². The van der Waals surface area contributed by atoms with E-state index in [4.69, 9.17) is 23.2 Å². The normalized spacial score (nSPS) is 11.4. The molecule has 0 spiro atoms. The lowest BCUT2D eigenvalue weighted by molar-refractivity contribution is 0.651. The lowest BCUT2D eigenvalue weighted by Gasteiger charge is -2.05. The van der Waals surface area contributed by atoms with Crippen LogP contribution in [0, 0.1) is 55.4 Å². The van der Waals surface area contributed by atoms with Crippen molar-refractivity contribution < 1.29 is 13.3 Å². The van der Waals surface area contributed by atoms with Crippen LogP contribution in [0.2, 0.25) is 0 Å². The van der Waals surface area contributed by atoms with Crippen LogP contribution in [0.3, 0.4) is 0 Å². The number of fused-ring (bicyclic) bond motifs is 28. The van der Waals surface area contributed by atoms with E-state index >= 15 is 0 Å². The van der Waals surface area contributed by atoms with Gasteiger partial charge in [0.05, 0.1) is 71.1 Å². The molecule has 16 aromatic heterocycles. The highest BCUT2D eigenvalue weighted by atomic mass is 32.1. The van der Waals surface area contributed by atoms with E-state index in [-0.39, 0.29) is 0 Å². The maximum absolute atomic E-state index is 5.72. The average Bonchev–Trinajstić information content (AvgIpc) is 1.56. The zero-order chi connectivity index (χ0) is 88.0. The number of imidazole rings is 4. The fourth-order valence-corrected chi connectivity index (χ4v) is 20.8. The molecule has 628 valence electrons. The highest BCUT2D eigenvalue weighted by Gasteiger charge is 2.21. The first-order chi connectivity index (χ1) is 63.8. The molecule has 16 heterocycles. The third-order valence-electron chi connectivity index (χ3n) is 23.6. The lowest BCUT2D eigenvalue weighted by atomic mass is 10.1. The van der Waals surface area contributed by atoms with Gasteiger partial charge in [-0.15, -0.1) is 34.0 Å². The van der Waals surface area contributed by atoms with Gasteiger partial charge in [-0.3, -0.25) is 37.9 Å². The van der Waals surface area contributed by atoms with Gasteiger partial charge < -0.3 is 13.3 Å². The number of hydrogen-bond acceptors (Lipinski definition) is 14. The molecule has 28 rings (SSSR count). The molecule has 0 saturated heterocycles. The topological polar surface area (TPSA) is 161 Å². The summed E-state index contributed by atoms with van der Waals surface area (Å²) in [6, 6.07) is 109. The van der Waals surface area contributed by atoms with Crippen LogP contribution in [0.5, 0.6) is 0 Å². The predicted molar refractivity (Wildman–Crippen MR) is 543 cm³/mol. The molecule has 0 bridgehead atoms. The zero-order valence-corrected chi connectivity index (χ0v) is 74.9. The lowest BCUT2D eigenvalue weighted by Crippen LogP contribution is -1.95. The first-order valence-corrected chi connectivity index (χ1v) is 45.5. The number of rotatable bonds is 2. The van der Waals surface area contributed by atoms with Gasteiger partial charge in [0.25, 0.3) is 0 Å². The number of aryl methyl sites for hydroxylation is 8. The summed E-state index contributed by atoms with van der Waals surface area (Å²) in [6.45, 7) is 16.7. The molecule has 0 aliphatic rings. The molecule has 0 saturated carbocycles. The summed E-state index contributed by atoms with van der Waals surface area (Å²) < 4.78 is 32.8. The second-order valence-corrected chi connectivity index (χ2v) is 35.3. The van der Waals surface area contributed by atoms with Crippen LogP contribution < -0.4 is 0 Å². The third kappa shape index (κ3) is 15.2. The number of nitrogens with zero attached hydrogens (tertiary/aromatic N) is 12. The Hall–Kier alpha value is -15.9. The molecule has 0 fully saturated rings. The van der Waals surface area contributed by atoms with Gasteiger partial charge in [-0.05, 0) is 222 Å². The monoisotopic (exact) mass is 1740 g/mol. The Morgan fingerprint density at radius 3 is 1.48 bits per heavy atom. The highest BCUT2D eigenvalue weighted by molar-refractivity contribution is 7.26. The minimum absolute atomic E-state index is 0.719. The molecule has 0 unspecified atom stereocenters. The highest BCUT2D eigenvalue weighted by Crippen LogP contribution is 2.40. The maximum Gasteiger partial charge on any atom is 0.227 e. The number of para-hydroxylation sites is 10. The predicted octanol–water partition coefficient (Wildman–Crippen LogP) is 30.6. The number of thiophene rings is 3. The smallest absolute Gasteiger partial charge is 0.227 e. The maximum atomic E-state index is 5.72. The Labute approximate surface area is 758 Å². The molecule has 15 nitrogen and oxygen atoms in total. The minimum atomic E-state index is 0.719. The van der Waals surface area contributed by atoms with Gasteiger partial charge in [-0.2, -0.15) is 0 Å². The molecule has 0 radical (unpaired) electrons. The van der Waals surface area contributed by atoms with Crippen LogP contribution in [-0.2, 0) is 0 Å². The van der Waals surface area contributed by atoms with Gasteiger partial charge in [0.2, 0.25) is 17.3 Å². The standard InChI is InChI=1S/2C20H15N3.3C12H9NO.3C12H9NS/c1-14-7-6-8-15(13-14)22-18-11-4-5-12-19(18)23-17-10-3-2-9-16(17)21-20(22)23;1-14-11-12-18-19(13-14)23-17-10-6-5-9-16(17)21-20(23)22(18)15-7-3-2-4-8-15;1-8-4-2-5-9-10-6-3-7-13-12(10)14-11(8)9;1-8-3-2-4-10-9-5-6-13-7-11(9)14-12(8)10;1-8-12-10(6-7-13-8)9-4-2-3-5-11(9)14-12;1-8-4-2-5-9-10-6-3-7-13-12(10)14-11(8)9;1-8-3-2-4-10-9-5-6-13-7-11(9)14-12(8)10;1-8-12-10(6-7-13-8)9-4-2-3-5-11(9)14-12/h2*2-13H,1H3;6*2-7H,1H3. The minimum Gasteiger partial charge on any atom is -0.454 e. The van der Waals surface area contributed by atoms with Crippen molar-refractivity contribution in [2.75, 3.05) is 0 Å². The van der Waals surface area contributed by atoms with Gasteiger partial charge in [0, 0.05) is 133 Å². The van der Waals surface area contributed by atoms with Gasteiger partial charge in [-0.1, -0.05) is 182 Å². The Morgan fingerprint density at radius 1 is 0.262 bits per heavy atom. The summed E-state index contributed by atoms with van der Waals surface area (Å²) in [7, 11) is 0. The van der Waals surface area contributed by atoms with Crippen molar-refractivity contribution in [3.8, 4) is 11.4 Å². The van der Waals surface area contributed by atoms with Crippen LogP contribution in [0.25, 0.3) is 194 Å². The molecule has 0 aliphatic heterocycles. The summed E-state index contributed by atoms with van der Waals surface area (Å²) in [5.74, 6) is 1.91. The second kappa shape index (κ2) is 34.8. The van der Waals surface area contributed by atoms with Crippen LogP contribution >= 0.6 is 34.0 Å². The average molecular weight is 1740 g/mol. The van der Waals surface area contributed by atoms with Crippen LogP contribution in [0.1, 0.15) is 44.8 Å². The summed E-state index contributed by atoms with van der Waals surface area (Å²) in [6.07, 6.45) is 14.7. The van der Waals surface area contributed by atoms with Crippen LogP contribution in [0.4, 0.5) is 0 Å². The molecule has 18 heteroatoms. The van der Waals surface area contributed by atoms with Crippen molar-refractivity contribution in [1.82, 2.24) is 57.8 Å². The third-order valence-corrected chi connectivity index (χ3v) is 27.5. The summed E-state index contributed by atoms with van der Waals surface area (Å²) in [5.41, 5.74) is 26.2. The summed E-state index contributed by atoms with van der Waals surface area (Å²) >= 11 is 5.43. The molecule has 0 aliphatic carbocycles. The Morgan fingerprint density at radius 2 is 0.738 bits per heavy atom. The number of hydrogen-bond donors (Lipinski definition) is 0. The van der Waals surface area contributed by atoms with Gasteiger partial charge in [-0.25, -0.2) is 19.9 Å². The second-order valence-electron chi connectivity index (χ2n) is 32.2. The molecular formula is C112H84N12O3S3. The molecule has 0 amide bonds.